The van der Waals surface area contributed by atoms with E-state index >= 15 is 0 Å². The molecule has 2 aromatic rings. The van der Waals surface area contributed by atoms with Gasteiger partial charge in [-0.05, 0) is 43.2 Å². The van der Waals surface area contributed by atoms with Gasteiger partial charge < -0.3 is 10.2 Å². The van der Waals surface area contributed by atoms with E-state index in [4.69, 9.17) is 23.2 Å². The lowest BCUT2D eigenvalue weighted by Gasteiger charge is -2.14. The summed E-state index contributed by atoms with van der Waals surface area (Å²) >= 11 is 11.9. The zero-order chi connectivity index (χ0) is 15.5. The van der Waals surface area contributed by atoms with Gasteiger partial charge in [0.1, 0.15) is 0 Å². The molecule has 1 saturated heterocycles. The van der Waals surface area contributed by atoms with Gasteiger partial charge in [-0.2, -0.15) is 0 Å². The molecule has 0 saturated carbocycles. The van der Waals surface area contributed by atoms with Crippen LogP contribution in [0.25, 0.3) is 0 Å². The van der Waals surface area contributed by atoms with Gasteiger partial charge in [0.15, 0.2) is 11.5 Å². The van der Waals surface area contributed by atoms with Crippen LogP contribution in [0.5, 0.6) is 0 Å². The number of amides is 1. The Balaban J connectivity index is 1.72. The average Bonchev–Trinajstić information content (AvgIpc) is 3.00. The second kappa shape index (κ2) is 6.50. The van der Waals surface area contributed by atoms with Gasteiger partial charge in [0.05, 0.1) is 0 Å². The van der Waals surface area contributed by atoms with Crippen LogP contribution in [0, 0.1) is 0 Å². The molecule has 1 amide bonds. The quantitative estimate of drug-likeness (QED) is 0.926. The van der Waals surface area contributed by atoms with Gasteiger partial charge in [-0.3, -0.25) is 4.79 Å². The molecule has 1 aliphatic heterocycles. The monoisotopic (exact) mass is 336 g/mol. The molecule has 1 aliphatic rings. The predicted octanol–water partition coefficient (Wildman–Crippen LogP) is 3.76. The predicted molar refractivity (Wildman–Crippen MR) is 86.9 cm³/mol. The Morgan fingerprint density at radius 3 is 2.32 bits per heavy atom. The molecule has 114 valence electrons. The summed E-state index contributed by atoms with van der Waals surface area (Å²) in [7, 11) is 0. The van der Waals surface area contributed by atoms with E-state index in [1.54, 1.807) is 35.2 Å². The van der Waals surface area contributed by atoms with Crippen molar-refractivity contribution in [2.75, 3.05) is 18.4 Å². The van der Waals surface area contributed by atoms with Crippen molar-refractivity contribution in [3.63, 3.8) is 0 Å². The normalized spacial score (nSPS) is 14.2. The Morgan fingerprint density at radius 1 is 1.05 bits per heavy atom. The van der Waals surface area contributed by atoms with Crippen molar-refractivity contribution < 1.29 is 4.79 Å². The summed E-state index contributed by atoms with van der Waals surface area (Å²) < 4.78 is 0. The molecule has 1 aromatic carbocycles. The highest BCUT2D eigenvalue weighted by atomic mass is 35.5. The molecule has 0 spiro atoms. The molecule has 1 aromatic heterocycles. The number of carbonyl (C=O) groups is 1. The van der Waals surface area contributed by atoms with Crippen molar-refractivity contribution >= 4 is 40.6 Å². The highest BCUT2D eigenvalue weighted by molar-refractivity contribution is 6.35. The molecule has 5 nitrogen and oxygen atoms in total. The summed E-state index contributed by atoms with van der Waals surface area (Å²) in [6, 6.07) is 8.50. The third kappa shape index (κ3) is 3.48. The van der Waals surface area contributed by atoms with Crippen LogP contribution >= 0.6 is 23.2 Å². The fourth-order valence-corrected chi connectivity index (χ4v) is 2.90. The molecule has 0 unspecified atom stereocenters. The van der Waals surface area contributed by atoms with Crippen molar-refractivity contribution in [2.45, 2.75) is 12.8 Å². The Kier molecular flexibility index (Phi) is 4.45. The van der Waals surface area contributed by atoms with Crippen LogP contribution in [0.15, 0.2) is 30.3 Å². The number of likely N-dealkylation sites (tertiary alicyclic amines) is 1. The first-order valence-electron chi connectivity index (χ1n) is 6.98. The fraction of sp³-hybridized carbons (Fsp3) is 0.267. The molecule has 22 heavy (non-hydrogen) atoms. The van der Waals surface area contributed by atoms with E-state index < -0.39 is 0 Å². The SMILES string of the molecule is O=C(c1ccc(Nc2cc(Cl)cc(Cl)c2)nn1)N1CCCC1. The number of nitrogens with one attached hydrogen (secondary N) is 1. The minimum absolute atomic E-state index is 0.0673. The standard InChI is InChI=1S/C15H14Cl2N4O/c16-10-7-11(17)9-12(8-10)18-14-4-3-13(19-20-14)15(22)21-5-1-2-6-21/h3-4,7-9H,1-2,5-6H2,(H,18,20). The topological polar surface area (TPSA) is 58.1 Å². The summed E-state index contributed by atoms with van der Waals surface area (Å²) in [4.78, 5) is 14.0. The first kappa shape index (κ1) is 15.1. The first-order chi connectivity index (χ1) is 10.6. The van der Waals surface area contributed by atoms with Crippen molar-refractivity contribution in [3.8, 4) is 0 Å². The maximum atomic E-state index is 12.2. The third-order valence-electron chi connectivity index (χ3n) is 3.41. The number of hydrogen-bond donors (Lipinski definition) is 1. The molecule has 3 rings (SSSR count). The minimum atomic E-state index is -0.0673. The van der Waals surface area contributed by atoms with E-state index in [0.29, 0.717) is 27.2 Å². The Hall–Kier alpha value is -1.85. The number of benzene rings is 1. The largest absolute Gasteiger partial charge is 0.339 e. The number of aromatic nitrogens is 2. The van der Waals surface area contributed by atoms with E-state index in [1.165, 1.54) is 0 Å². The summed E-state index contributed by atoms with van der Waals surface area (Å²) in [5, 5.41) is 12.1. The van der Waals surface area contributed by atoms with Gasteiger partial charge in [-0.15, -0.1) is 10.2 Å². The number of nitrogens with zero attached hydrogens (tertiary/aromatic N) is 3. The van der Waals surface area contributed by atoms with Crippen molar-refractivity contribution in [2.24, 2.45) is 0 Å². The van der Waals surface area contributed by atoms with Crippen molar-refractivity contribution in [3.05, 3.63) is 46.1 Å². The zero-order valence-electron chi connectivity index (χ0n) is 11.7. The fourth-order valence-electron chi connectivity index (χ4n) is 2.37. The molecule has 0 atom stereocenters. The average molecular weight is 337 g/mol. The van der Waals surface area contributed by atoms with Crippen LogP contribution in [0.2, 0.25) is 10.0 Å². The molecule has 1 fully saturated rings. The number of anilines is 2. The highest BCUT2D eigenvalue weighted by Gasteiger charge is 2.20. The Bertz CT molecular complexity index is 664. The Morgan fingerprint density at radius 2 is 1.73 bits per heavy atom. The maximum Gasteiger partial charge on any atom is 0.274 e. The van der Waals surface area contributed by atoms with Crippen LogP contribution < -0.4 is 5.32 Å². The molecule has 0 bridgehead atoms. The molecule has 0 aliphatic carbocycles. The minimum Gasteiger partial charge on any atom is -0.339 e. The van der Waals surface area contributed by atoms with Gasteiger partial charge >= 0.3 is 0 Å². The number of halogens is 2. The molecule has 2 heterocycles. The lowest BCUT2D eigenvalue weighted by Crippen LogP contribution is -2.28. The van der Waals surface area contributed by atoms with Gasteiger partial charge in [-0.1, -0.05) is 23.2 Å². The van der Waals surface area contributed by atoms with E-state index in [0.717, 1.165) is 25.9 Å². The molecular weight excluding hydrogens is 323 g/mol. The summed E-state index contributed by atoms with van der Waals surface area (Å²) in [6.45, 7) is 1.59. The summed E-state index contributed by atoms with van der Waals surface area (Å²) in [5.41, 5.74) is 1.07. The lowest BCUT2D eigenvalue weighted by atomic mass is 10.3. The lowest BCUT2D eigenvalue weighted by molar-refractivity contribution is 0.0786. The third-order valence-corrected chi connectivity index (χ3v) is 3.85. The molecular formula is C15H14Cl2N4O. The molecule has 0 radical (unpaired) electrons. The van der Waals surface area contributed by atoms with Crippen LogP contribution in [-0.2, 0) is 0 Å². The molecule has 7 heteroatoms. The van der Waals surface area contributed by atoms with Crippen LogP contribution in [0.1, 0.15) is 23.3 Å². The van der Waals surface area contributed by atoms with Gasteiger partial charge in [0.2, 0.25) is 0 Å². The van der Waals surface area contributed by atoms with E-state index in [-0.39, 0.29) is 5.91 Å². The first-order valence-corrected chi connectivity index (χ1v) is 7.73. The van der Waals surface area contributed by atoms with Gasteiger partial charge in [0.25, 0.3) is 5.91 Å². The van der Waals surface area contributed by atoms with Gasteiger partial charge in [0, 0.05) is 28.8 Å². The Labute approximate surface area is 138 Å². The number of carbonyl (C=O) groups excluding carboxylic acids is 1. The molecule has 1 N–H and O–H groups in total. The second-order valence-corrected chi connectivity index (χ2v) is 5.96. The van der Waals surface area contributed by atoms with Crippen molar-refractivity contribution in [1.82, 2.24) is 15.1 Å². The van der Waals surface area contributed by atoms with Crippen LogP contribution in [0.4, 0.5) is 11.5 Å². The van der Waals surface area contributed by atoms with Gasteiger partial charge in [-0.25, -0.2) is 0 Å². The highest BCUT2D eigenvalue weighted by Crippen LogP contribution is 2.24. The summed E-state index contributed by atoms with van der Waals surface area (Å²) in [5.74, 6) is 0.457. The van der Waals surface area contributed by atoms with E-state index in [2.05, 4.69) is 15.5 Å². The number of hydrogen-bond acceptors (Lipinski definition) is 4. The van der Waals surface area contributed by atoms with Crippen LogP contribution in [0.3, 0.4) is 0 Å². The second-order valence-electron chi connectivity index (χ2n) is 5.09. The number of rotatable bonds is 3. The van der Waals surface area contributed by atoms with E-state index in [1.807, 2.05) is 0 Å². The smallest absolute Gasteiger partial charge is 0.274 e. The maximum absolute atomic E-state index is 12.2. The zero-order valence-corrected chi connectivity index (χ0v) is 13.2. The van der Waals surface area contributed by atoms with E-state index in [9.17, 15) is 4.79 Å². The van der Waals surface area contributed by atoms with Crippen LogP contribution in [-0.4, -0.2) is 34.1 Å². The summed E-state index contributed by atoms with van der Waals surface area (Å²) in [6.07, 6.45) is 2.10. The van der Waals surface area contributed by atoms with Crippen molar-refractivity contribution in [1.29, 1.82) is 0 Å².